The molecule has 0 saturated carbocycles. The van der Waals surface area contributed by atoms with Crippen molar-refractivity contribution in [2.45, 2.75) is 28.7 Å². The van der Waals surface area contributed by atoms with E-state index in [2.05, 4.69) is 0 Å². The van der Waals surface area contributed by atoms with Gasteiger partial charge in [-0.05, 0) is 22.6 Å². The summed E-state index contributed by atoms with van der Waals surface area (Å²) in [5.74, 6) is -2.64. The van der Waals surface area contributed by atoms with Gasteiger partial charge in [0, 0.05) is 18.7 Å². The van der Waals surface area contributed by atoms with Crippen LogP contribution in [0.4, 0.5) is 4.39 Å². The molecule has 0 aliphatic carbocycles. The summed E-state index contributed by atoms with van der Waals surface area (Å²) in [5.41, 5.74) is -1.36. The molecule has 2 heterocycles. The normalized spacial score (nSPS) is 33.6. The van der Waals surface area contributed by atoms with Gasteiger partial charge in [0.25, 0.3) is 11.4 Å². The van der Waals surface area contributed by atoms with Crippen LogP contribution in [0.25, 0.3) is 0 Å². The summed E-state index contributed by atoms with van der Waals surface area (Å²) >= 11 is 1.37. The predicted octanol–water partition coefficient (Wildman–Crippen LogP) is -0.764. The quantitative estimate of drug-likeness (QED) is 0.468. The van der Waals surface area contributed by atoms with Gasteiger partial charge in [-0.25, -0.2) is 9.18 Å². The minimum atomic E-state index is -2.64. The predicted molar refractivity (Wildman–Crippen MR) is 65.9 cm³/mol. The Balaban J connectivity index is 2.33. The fourth-order valence-corrected chi connectivity index (χ4v) is 2.29. The van der Waals surface area contributed by atoms with Crippen molar-refractivity contribution in [3.05, 3.63) is 33.1 Å². The SMILES string of the molecule is O=c1ccn([C@H]2C[C@H](O)[C@@](F)(C(O)I)O2)c(=O)[nH]1. The van der Waals surface area contributed by atoms with Gasteiger partial charge >= 0.3 is 5.69 Å². The molecule has 1 aromatic rings. The molecule has 1 aromatic heterocycles. The Kier molecular flexibility index (Phi) is 3.58. The lowest BCUT2D eigenvalue weighted by Crippen LogP contribution is -2.43. The zero-order chi connectivity index (χ0) is 13.5. The van der Waals surface area contributed by atoms with E-state index in [-0.39, 0.29) is 6.42 Å². The molecule has 100 valence electrons. The Labute approximate surface area is 113 Å². The molecule has 2 rings (SSSR count). The van der Waals surface area contributed by atoms with Crippen molar-refractivity contribution in [2.75, 3.05) is 0 Å². The van der Waals surface area contributed by atoms with Crippen molar-refractivity contribution in [2.24, 2.45) is 0 Å². The van der Waals surface area contributed by atoms with Crippen LogP contribution < -0.4 is 11.2 Å². The monoisotopic (exact) mass is 372 g/mol. The standard InChI is InChI=1S/C9H10FIN2O5/c10-9(7(11)16)4(14)3-6(18-9)13-2-1-5(15)12-8(13)17/h1-2,4,6-7,14,16H,3H2,(H,12,15,17)/t4-,6+,7?,9-/m0/s1. The van der Waals surface area contributed by atoms with Crippen LogP contribution >= 0.6 is 22.6 Å². The molecule has 9 heteroatoms. The highest BCUT2D eigenvalue weighted by atomic mass is 127. The Bertz CT molecular complexity index is 558. The number of nitrogens with one attached hydrogen (secondary N) is 1. The molecule has 1 unspecified atom stereocenters. The van der Waals surface area contributed by atoms with Crippen LogP contribution in [0.15, 0.2) is 21.9 Å². The van der Waals surface area contributed by atoms with Crippen molar-refractivity contribution < 1.29 is 19.3 Å². The lowest BCUT2D eigenvalue weighted by molar-refractivity contribution is -0.213. The number of nitrogens with zero attached hydrogens (tertiary/aromatic N) is 1. The van der Waals surface area contributed by atoms with Gasteiger partial charge in [-0.2, -0.15) is 0 Å². The molecule has 0 radical (unpaired) electrons. The van der Waals surface area contributed by atoms with Crippen molar-refractivity contribution >= 4 is 22.6 Å². The van der Waals surface area contributed by atoms with Gasteiger partial charge in [0.05, 0.1) is 0 Å². The largest absolute Gasteiger partial charge is 0.387 e. The zero-order valence-electron chi connectivity index (χ0n) is 8.92. The van der Waals surface area contributed by atoms with Crippen molar-refractivity contribution in [3.8, 4) is 0 Å². The highest BCUT2D eigenvalue weighted by Crippen LogP contribution is 2.41. The van der Waals surface area contributed by atoms with Crippen LogP contribution in [0.5, 0.6) is 0 Å². The van der Waals surface area contributed by atoms with Crippen molar-refractivity contribution in [3.63, 3.8) is 0 Å². The first-order valence-corrected chi connectivity index (χ1v) is 6.27. The molecule has 7 nitrogen and oxygen atoms in total. The summed E-state index contributed by atoms with van der Waals surface area (Å²) in [6, 6.07) is 1.08. The number of rotatable bonds is 2. The number of ether oxygens (including phenoxy) is 1. The molecule has 1 aliphatic heterocycles. The minimum Gasteiger partial charge on any atom is -0.387 e. The number of halogens is 2. The molecule has 4 atom stereocenters. The van der Waals surface area contributed by atoms with Gasteiger partial charge in [-0.15, -0.1) is 0 Å². The lowest BCUT2D eigenvalue weighted by Gasteiger charge is -2.24. The van der Waals surface area contributed by atoms with E-state index in [1.807, 2.05) is 4.98 Å². The number of aliphatic hydroxyl groups is 2. The van der Waals surface area contributed by atoms with Gasteiger partial charge in [0.2, 0.25) is 0 Å². The van der Waals surface area contributed by atoms with Crippen LogP contribution in [-0.2, 0) is 4.74 Å². The number of hydrogen-bond donors (Lipinski definition) is 3. The van der Waals surface area contributed by atoms with E-state index in [4.69, 9.17) is 4.74 Å². The molecule has 0 amide bonds. The number of H-pyrrole nitrogens is 1. The van der Waals surface area contributed by atoms with E-state index in [1.165, 1.54) is 22.6 Å². The second kappa shape index (κ2) is 4.72. The second-order valence-electron chi connectivity index (χ2n) is 3.87. The number of aromatic nitrogens is 2. The van der Waals surface area contributed by atoms with E-state index in [1.54, 1.807) is 0 Å². The summed E-state index contributed by atoms with van der Waals surface area (Å²) in [5, 5.41) is 18.8. The first-order valence-electron chi connectivity index (χ1n) is 5.03. The maximum Gasteiger partial charge on any atom is 0.330 e. The third kappa shape index (κ3) is 2.22. The van der Waals surface area contributed by atoms with Crippen LogP contribution in [0.1, 0.15) is 12.6 Å². The molecule has 3 N–H and O–H groups in total. The van der Waals surface area contributed by atoms with Gasteiger partial charge in [0.1, 0.15) is 12.3 Å². The maximum absolute atomic E-state index is 14.1. The second-order valence-corrected chi connectivity index (χ2v) is 5.05. The average molecular weight is 372 g/mol. The third-order valence-electron chi connectivity index (χ3n) is 2.68. The van der Waals surface area contributed by atoms with Crippen LogP contribution in [0.2, 0.25) is 0 Å². The topological polar surface area (TPSA) is 105 Å². The van der Waals surface area contributed by atoms with E-state index >= 15 is 0 Å². The van der Waals surface area contributed by atoms with E-state index in [0.717, 1.165) is 16.8 Å². The molecule has 0 aromatic carbocycles. The molecular weight excluding hydrogens is 362 g/mol. The molecule has 1 saturated heterocycles. The zero-order valence-corrected chi connectivity index (χ0v) is 11.1. The molecule has 18 heavy (non-hydrogen) atoms. The molecule has 0 bridgehead atoms. The number of alkyl halides is 2. The number of aliphatic hydroxyl groups excluding tert-OH is 2. The highest BCUT2D eigenvalue weighted by Gasteiger charge is 2.54. The summed E-state index contributed by atoms with van der Waals surface area (Å²) in [6.45, 7) is 0. The Morgan fingerprint density at radius 3 is 2.83 bits per heavy atom. The van der Waals surface area contributed by atoms with Gasteiger partial charge in [-0.3, -0.25) is 14.3 Å². The minimum absolute atomic E-state index is 0.206. The molecule has 1 aliphatic rings. The molecular formula is C9H10FIN2O5. The first-order chi connectivity index (χ1) is 8.34. The maximum atomic E-state index is 14.1. The van der Waals surface area contributed by atoms with Crippen molar-refractivity contribution in [1.82, 2.24) is 9.55 Å². The highest BCUT2D eigenvalue weighted by molar-refractivity contribution is 14.1. The summed E-state index contributed by atoms with van der Waals surface area (Å²) < 4.78 is 18.3. The summed E-state index contributed by atoms with van der Waals surface area (Å²) in [7, 11) is 0. The molecule has 0 spiro atoms. The van der Waals surface area contributed by atoms with Crippen molar-refractivity contribution in [1.29, 1.82) is 0 Å². The summed E-state index contributed by atoms with van der Waals surface area (Å²) in [6.07, 6.45) is -1.71. The van der Waals surface area contributed by atoms with E-state index < -0.39 is 33.5 Å². The van der Waals surface area contributed by atoms with Crippen LogP contribution in [0.3, 0.4) is 0 Å². The molecule has 1 fully saturated rings. The average Bonchev–Trinajstić information content (AvgIpc) is 2.56. The van der Waals surface area contributed by atoms with E-state index in [0.29, 0.717) is 0 Å². The van der Waals surface area contributed by atoms with Gasteiger partial charge in [0.15, 0.2) is 4.11 Å². The van der Waals surface area contributed by atoms with Gasteiger partial charge < -0.3 is 14.9 Å². The number of aromatic amines is 1. The summed E-state index contributed by atoms with van der Waals surface area (Å²) in [4.78, 5) is 24.3. The number of hydrogen-bond acceptors (Lipinski definition) is 5. The van der Waals surface area contributed by atoms with E-state index in [9.17, 15) is 24.2 Å². The lowest BCUT2D eigenvalue weighted by atomic mass is 10.1. The Morgan fingerprint density at radius 1 is 1.67 bits per heavy atom. The Hall–Kier alpha value is -0.780. The fourth-order valence-electron chi connectivity index (χ4n) is 1.73. The first kappa shape index (κ1) is 13.6. The fraction of sp³-hybridized carbons (Fsp3) is 0.556. The Morgan fingerprint density at radius 2 is 2.33 bits per heavy atom. The van der Waals surface area contributed by atoms with Gasteiger partial charge in [-0.1, -0.05) is 0 Å². The third-order valence-corrected chi connectivity index (χ3v) is 3.53. The smallest absolute Gasteiger partial charge is 0.330 e. The van der Waals surface area contributed by atoms with Crippen LogP contribution in [0, 0.1) is 0 Å². The van der Waals surface area contributed by atoms with Crippen LogP contribution in [-0.4, -0.2) is 35.8 Å².